The highest BCUT2D eigenvalue weighted by molar-refractivity contribution is 6.13. The van der Waals surface area contributed by atoms with E-state index in [1.165, 1.54) is 12.8 Å². The zero-order chi connectivity index (χ0) is 19.6. The van der Waals surface area contributed by atoms with E-state index in [4.69, 9.17) is 0 Å². The Labute approximate surface area is 169 Å². The van der Waals surface area contributed by atoms with Crippen molar-refractivity contribution in [2.75, 3.05) is 5.32 Å². The van der Waals surface area contributed by atoms with Crippen molar-refractivity contribution < 1.29 is 4.79 Å². The minimum atomic E-state index is -0.112. The van der Waals surface area contributed by atoms with Gasteiger partial charge in [0.05, 0.1) is 0 Å². The van der Waals surface area contributed by atoms with Gasteiger partial charge in [-0.15, -0.1) is 10.2 Å². The Kier molecular flexibility index (Phi) is 4.56. The normalized spacial score (nSPS) is 13.7. The molecule has 0 fully saturated rings. The average Bonchev–Trinajstić information content (AvgIpc) is 3.02. The lowest BCUT2D eigenvalue weighted by atomic mass is 10.0. The van der Waals surface area contributed by atoms with Gasteiger partial charge in [0.2, 0.25) is 0 Å². The first kappa shape index (κ1) is 17.6. The van der Waals surface area contributed by atoms with E-state index in [2.05, 4.69) is 20.1 Å². The van der Waals surface area contributed by atoms with Crippen molar-refractivity contribution in [1.29, 1.82) is 0 Å². The molecule has 0 spiro atoms. The molecule has 0 atom stereocenters. The number of nitrogens with zero attached hydrogens (tertiary/aromatic N) is 3. The molecule has 0 unspecified atom stereocenters. The number of hydrogen-bond donors (Lipinski definition) is 1. The zero-order valence-corrected chi connectivity index (χ0v) is 16.1. The molecule has 0 saturated heterocycles. The summed E-state index contributed by atoms with van der Waals surface area (Å²) in [6, 6.07) is 21.6. The molecule has 2 heterocycles. The molecular weight excluding hydrogens is 360 g/mol. The molecule has 3 aromatic carbocycles. The number of nitrogens with one attached hydrogen (secondary N) is 1. The maximum atomic E-state index is 13.0. The molecule has 0 bridgehead atoms. The van der Waals surface area contributed by atoms with Crippen LogP contribution in [0.4, 0.5) is 5.69 Å². The Hall–Kier alpha value is -3.47. The molecule has 5 nitrogen and oxygen atoms in total. The van der Waals surface area contributed by atoms with Crippen molar-refractivity contribution in [1.82, 2.24) is 14.8 Å². The second-order valence-corrected chi connectivity index (χ2v) is 7.46. The van der Waals surface area contributed by atoms with E-state index in [0.717, 1.165) is 53.1 Å². The molecule has 1 aliphatic rings. The first-order valence-electron chi connectivity index (χ1n) is 10.1. The van der Waals surface area contributed by atoms with E-state index in [-0.39, 0.29) is 5.91 Å². The van der Waals surface area contributed by atoms with Gasteiger partial charge in [0.1, 0.15) is 5.82 Å². The summed E-state index contributed by atoms with van der Waals surface area (Å²) >= 11 is 0. The van der Waals surface area contributed by atoms with Gasteiger partial charge in [-0.3, -0.25) is 4.79 Å². The van der Waals surface area contributed by atoms with Crippen LogP contribution < -0.4 is 5.32 Å². The zero-order valence-electron chi connectivity index (χ0n) is 16.1. The van der Waals surface area contributed by atoms with Crippen LogP contribution in [-0.2, 0) is 13.0 Å². The lowest BCUT2D eigenvalue weighted by Crippen LogP contribution is -2.12. The first-order valence-corrected chi connectivity index (χ1v) is 10.1. The molecule has 0 radical (unpaired) electrons. The number of aromatic nitrogens is 3. The quantitative estimate of drug-likeness (QED) is 0.538. The molecule has 144 valence electrons. The Morgan fingerprint density at radius 3 is 2.72 bits per heavy atom. The van der Waals surface area contributed by atoms with Gasteiger partial charge in [0.15, 0.2) is 5.82 Å². The maximum Gasteiger partial charge on any atom is 0.256 e. The van der Waals surface area contributed by atoms with Crippen LogP contribution in [0.5, 0.6) is 0 Å². The van der Waals surface area contributed by atoms with E-state index < -0.39 is 0 Å². The third kappa shape index (κ3) is 3.40. The van der Waals surface area contributed by atoms with Gasteiger partial charge in [0, 0.05) is 29.8 Å². The fourth-order valence-corrected chi connectivity index (χ4v) is 4.06. The summed E-state index contributed by atoms with van der Waals surface area (Å²) in [6.45, 7) is 0.949. The lowest BCUT2D eigenvalue weighted by molar-refractivity contribution is 0.102. The largest absolute Gasteiger partial charge is 0.322 e. The van der Waals surface area contributed by atoms with Gasteiger partial charge in [-0.05, 0) is 41.8 Å². The highest BCUT2D eigenvalue weighted by Gasteiger charge is 2.17. The summed E-state index contributed by atoms with van der Waals surface area (Å²) < 4.78 is 2.22. The molecule has 5 rings (SSSR count). The summed E-state index contributed by atoms with van der Waals surface area (Å²) in [4.78, 5) is 13.0. The minimum Gasteiger partial charge on any atom is -0.322 e. The predicted octanol–water partition coefficient (Wildman–Crippen LogP) is 5.08. The number of carbonyl (C=O) groups excluding carboxylic acids is 1. The number of anilines is 1. The van der Waals surface area contributed by atoms with Crippen LogP contribution in [0, 0.1) is 0 Å². The van der Waals surface area contributed by atoms with E-state index in [1.54, 1.807) is 0 Å². The van der Waals surface area contributed by atoms with Crippen molar-refractivity contribution >= 4 is 22.4 Å². The molecule has 4 aromatic rings. The number of carbonyl (C=O) groups is 1. The van der Waals surface area contributed by atoms with Crippen molar-refractivity contribution in [3.8, 4) is 11.4 Å². The van der Waals surface area contributed by atoms with Gasteiger partial charge in [-0.25, -0.2) is 0 Å². The summed E-state index contributed by atoms with van der Waals surface area (Å²) in [5.41, 5.74) is 2.40. The number of benzene rings is 3. The summed E-state index contributed by atoms with van der Waals surface area (Å²) in [7, 11) is 0. The fourth-order valence-electron chi connectivity index (χ4n) is 4.06. The fraction of sp³-hybridized carbons (Fsp3) is 0.208. The molecular formula is C24H22N4O. The number of amides is 1. The highest BCUT2D eigenvalue weighted by atomic mass is 16.1. The monoisotopic (exact) mass is 382 g/mol. The summed E-state index contributed by atoms with van der Waals surface area (Å²) in [5.74, 6) is 1.82. The molecule has 0 aliphatic carbocycles. The van der Waals surface area contributed by atoms with E-state index in [0.29, 0.717) is 5.56 Å². The molecule has 1 N–H and O–H groups in total. The molecule has 0 saturated carbocycles. The van der Waals surface area contributed by atoms with Crippen LogP contribution >= 0.6 is 0 Å². The van der Waals surface area contributed by atoms with Gasteiger partial charge < -0.3 is 9.88 Å². The molecule has 1 amide bonds. The molecule has 1 aliphatic heterocycles. The topological polar surface area (TPSA) is 59.8 Å². The maximum absolute atomic E-state index is 13.0. The Bertz CT molecular complexity index is 1190. The first-order chi connectivity index (χ1) is 14.3. The van der Waals surface area contributed by atoms with Crippen LogP contribution in [0.1, 0.15) is 35.4 Å². The Morgan fingerprint density at radius 2 is 1.76 bits per heavy atom. The van der Waals surface area contributed by atoms with Crippen LogP contribution in [0.15, 0.2) is 66.7 Å². The molecule has 29 heavy (non-hydrogen) atoms. The molecule has 1 aromatic heterocycles. The van der Waals surface area contributed by atoms with Crippen LogP contribution in [0.2, 0.25) is 0 Å². The predicted molar refractivity (Wildman–Crippen MR) is 115 cm³/mol. The van der Waals surface area contributed by atoms with Gasteiger partial charge in [-0.2, -0.15) is 0 Å². The number of fused-ring (bicyclic) bond motifs is 2. The van der Waals surface area contributed by atoms with Crippen molar-refractivity contribution in [3.05, 3.63) is 78.1 Å². The van der Waals surface area contributed by atoms with Crippen molar-refractivity contribution in [2.45, 2.75) is 32.2 Å². The minimum absolute atomic E-state index is 0.112. The highest BCUT2D eigenvalue weighted by Crippen LogP contribution is 2.26. The molecule has 5 heteroatoms. The van der Waals surface area contributed by atoms with Crippen molar-refractivity contribution in [3.63, 3.8) is 0 Å². The number of aryl methyl sites for hydroxylation is 1. The van der Waals surface area contributed by atoms with E-state index >= 15 is 0 Å². The lowest BCUT2D eigenvalue weighted by Gasteiger charge is -2.10. The van der Waals surface area contributed by atoms with E-state index in [9.17, 15) is 4.79 Å². The number of hydrogen-bond acceptors (Lipinski definition) is 3. The SMILES string of the molecule is O=C(Nc1cccc(-c2nnc3n2CCCCC3)c1)c1cccc2ccccc12. The van der Waals surface area contributed by atoms with Crippen LogP contribution in [0.3, 0.4) is 0 Å². The van der Waals surface area contributed by atoms with Gasteiger partial charge in [-0.1, -0.05) is 55.0 Å². The Morgan fingerprint density at radius 1 is 0.897 bits per heavy atom. The second kappa shape index (κ2) is 7.51. The van der Waals surface area contributed by atoms with Crippen molar-refractivity contribution in [2.24, 2.45) is 0 Å². The van der Waals surface area contributed by atoms with Crippen LogP contribution in [0.25, 0.3) is 22.2 Å². The van der Waals surface area contributed by atoms with Gasteiger partial charge in [0.25, 0.3) is 5.91 Å². The average molecular weight is 382 g/mol. The summed E-state index contributed by atoms with van der Waals surface area (Å²) in [6.07, 6.45) is 4.52. The standard InChI is InChI=1S/C24H22N4O/c29-24(21-13-7-9-17-8-3-4-12-20(17)21)25-19-11-6-10-18(16-19)23-27-26-22-14-2-1-5-15-28(22)23/h3-4,6-13,16H,1-2,5,14-15H2,(H,25,29). The van der Waals surface area contributed by atoms with E-state index in [1.807, 2.05) is 66.7 Å². The van der Waals surface area contributed by atoms with Gasteiger partial charge >= 0.3 is 0 Å². The van der Waals surface area contributed by atoms with Crippen LogP contribution in [-0.4, -0.2) is 20.7 Å². The summed E-state index contributed by atoms with van der Waals surface area (Å²) in [5, 5.41) is 13.9. The third-order valence-electron chi connectivity index (χ3n) is 5.52. The Balaban J connectivity index is 1.45. The third-order valence-corrected chi connectivity index (χ3v) is 5.52. The smallest absolute Gasteiger partial charge is 0.256 e. The number of rotatable bonds is 3. The second-order valence-electron chi connectivity index (χ2n) is 7.46.